The Balaban J connectivity index is 1.88. The van der Waals surface area contributed by atoms with Crippen LogP contribution in [0.15, 0.2) is 24.3 Å². The number of anilines is 1. The molecule has 3 nitrogen and oxygen atoms in total. The van der Waals surface area contributed by atoms with Crippen LogP contribution in [0, 0.1) is 5.92 Å². The number of para-hydroxylation sites is 1. The number of rotatable bonds is 5. The normalized spacial score (nSPS) is 19.2. The Morgan fingerprint density at radius 2 is 2.32 bits per heavy atom. The first-order valence-electron chi connectivity index (χ1n) is 6.81. The highest BCUT2D eigenvalue weighted by molar-refractivity contribution is 7.98. The SMILES string of the molecule is CSCCC(C)NC(=O)C1CNc2ccccc2C1. The number of benzene rings is 1. The zero-order chi connectivity index (χ0) is 13.7. The van der Waals surface area contributed by atoms with Gasteiger partial charge in [-0.25, -0.2) is 0 Å². The summed E-state index contributed by atoms with van der Waals surface area (Å²) >= 11 is 1.82. The minimum atomic E-state index is 0.0478. The van der Waals surface area contributed by atoms with Crippen molar-refractivity contribution in [3.63, 3.8) is 0 Å². The molecule has 2 N–H and O–H groups in total. The van der Waals surface area contributed by atoms with Crippen LogP contribution >= 0.6 is 11.8 Å². The second-order valence-electron chi connectivity index (χ2n) is 5.13. The number of hydrogen-bond donors (Lipinski definition) is 2. The lowest BCUT2D eigenvalue weighted by Gasteiger charge is -2.26. The summed E-state index contributed by atoms with van der Waals surface area (Å²) in [6.07, 6.45) is 3.96. The topological polar surface area (TPSA) is 41.1 Å². The zero-order valence-electron chi connectivity index (χ0n) is 11.6. The van der Waals surface area contributed by atoms with Crippen molar-refractivity contribution in [1.29, 1.82) is 0 Å². The van der Waals surface area contributed by atoms with Crippen LogP contribution in [0.3, 0.4) is 0 Å². The highest BCUT2D eigenvalue weighted by Crippen LogP contribution is 2.24. The highest BCUT2D eigenvalue weighted by atomic mass is 32.2. The predicted molar refractivity (Wildman–Crippen MR) is 82.7 cm³/mol. The molecule has 1 heterocycles. The molecule has 0 radical (unpaired) electrons. The maximum absolute atomic E-state index is 12.2. The van der Waals surface area contributed by atoms with Gasteiger partial charge in [0.25, 0.3) is 0 Å². The van der Waals surface area contributed by atoms with Crippen molar-refractivity contribution in [3.8, 4) is 0 Å². The van der Waals surface area contributed by atoms with Crippen LogP contribution in [0.1, 0.15) is 18.9 Å². The Bertz CT molecular complexity index is 436. The Morgan fingerprint density at radius 1 is 1.53 bits per heavy atom. The predicted octanol–water partition coefficient (Wildman–Crippen LogP) is 2.53. The molecule has 1 aliphatic heterocycles. The molecule has 1 aromatic carbocycles. The van der Waals surface area contributed by atoms with Crippen molar-refractivity contribution in [3.05, 3.63) is 29.8 Å². The van der Waals surface area contributed by atoms with E-state index in [0.717, 1.165) is 25.1 Å². The van der Waals surface area contributed by atoms with Gasteiger partial charge >= 0.3 is 0 Å². The molecule has 4 heteroatoms. The monoisotopic (exact) mass is 278 g/mol. The van der Waals surface area contributed by atoms with Gasteiger partial charge in [0.05, 0.1) is 5.92 Å². The summed E-state index contributed by atoms with van der Waals surface area (Å²) in [4.78, 5) is 12.2. The standard InChI is InChI=1S/C15H22N2OS/c1-11(7-8-19-2)17-15(18)13-9-12-5-3-4-6-14(12)16-10-13/h3-6,11,13,16H,7-10H2,1-2H3,(H,17,18). The molecular weight excluding hydrogens is 256 g/mol. The van der Waals surface area contributed by atoms with E-state index in [1.807, 2.05) is 23.9 Å². The van der Waals surface area contributed by atoms with Crippen molar-refractivity contribution in [2.45, 2.75) is 25.8 Å². The van der Waals surface area contributed by atoms with Gasteiger partial charge in [-0.05, 0) is 43.4 Å². The molecule has 1 aliphatic rings. The maximum atomic E-state index is 12.2. The van der Waals surface area contributed by atoms with Crippen LogP contribution < -0.4 is 10.6 Å². The van der Waals surface area contributed by atoms with E-state index in [1.165, 1.54) is 11.3 Å². The second-order valence-corrected chi connectivity index (χ2v) is 6.12. The third-order valence-corrected chi connectivity index (χ3v) is 4.18. The van der Waals surface area contributed by atoms with Gasteiger partial charge in [0.2, 0.25) is 5.91 Å². The van der Waals surface area contributed by atoms with Crippen molar-refractivity contribution < 1.29 is 4.79 Å². The lowest BCUT2D eigenvalue weighted by molar-refractivity contribution is -0.125. The first-order chi connectivity index (χ1) is 9.20. The van der Waals surface area contributed by atoms with Gasteiger partial charge < -0.3 is 10.6 Å². The van der Waals surface area contributed by atoms with Gasteiger partial charge in [0.15, 0.2) is 0 Å². The van der Waals surface area contributed by atoms with Gasteiger partial charge in [-0.15, -0.1) is 0 Å². The minimum Gasteiger partial charge on any atom is -0.384 e. The Hall–Kier alpha value is -1.16. The van der Waals surface area contributed by atoms with Crippen LogP contribution in [0.4, 0.5) is 5.69 Å². The van der Waals surface area contributed by atoms with E-state index in [9.17, 15) is 4.79 Å². The molecule has 0 aliphatic carbocycles. The van der Waals surface area contributed by atoms with E-state index in [2.05, 4.69) is 35.9 Å². The van der Waals surface area contributed by atoms with Gasteiger partial charge in [0, 0.05) is 18.3 Å². The van der Waals surface area contributed by atoms with Crippen LogP contribution in [0.5, 0.6) is 0 Å². The zero-order valence-corrected chi connectivity index (χ0v) is 12.4. The number of carbonyl (C=O) groups excluding carboxylic acids is 1. The molecule has 1 amide bonds. The Labute approximate surface area is 119 Å². The molecular formula is C15H22N2OS. The van der Waals surface area contributed by atoms with E-state index in [4.69, 9.17) is 0 Å². The van der Waals surface area contributed by atoms with E-state index in [0.29, 0.717) is 0 Å². The number of hydrogen-bond acceptors (Lipinski definition) is 3. The average Bonchev–Trinajstić information content (AvgIpc) is 2.44. The molecule has 19 heavy (non-hydrogen) atoms. The van der Waals surface area contributed by atoms with E-state index < -0.39 is 0 Å². The molecule has 0 aromatic heterocycles. The highest BCUT2D eigenvalue weighted by Gasteiger charge is 2.24. The third kappa shape index (κ3) is 3.90. The minimum absolute atomic E-state index is 0.0478. The molecule has 104 valence electrons. The maximum Gasteiger partial charge on any atom is 0.225 e. The fourth-order valence-electron chi connectivity index (χ4n) is 2.35. The fourth-order valence-corrected chi connectivity index (χ4v) is 2.94. The number of amides is 1. The van der Waals surface area contributed by atoms with Crippen molar-refractivity contribution >= 4 is 23.4 Å². The lowest BCUT2D eigenvalue weighted by atomic mass is 9.93. The largest absolute Gasteiger partial charge is 0.384 e. The van der Waals surface area contributed by atoms with Gasteiger partial charge in [0.1, 0.15) is 0 Å². The average molecular weight is 278 g/mol. The van der Waals surface area contributed by atoms with E-state index in [-0.39, 0.29) is 17.9 Å². The third-order valence-electron chi connectivity index (χ3n) is 3.54. The molecule has 0 spiro atoms. The van der Waals surface area contributed by atoms with E-state index in [1.54, 1.807) is 0 Å². The molecule has 2 rings (SSSR count). The van der Waals surface area contributed by atoms with Crippen molar-refractivity contribution in [2.75, 3.05) is 23.9 Å². The summed E-state index contributed by atoms with van der Waals surface area (Å²) < 4.78 is 0. The first-order valence-corrected chi connectivity index (χ1v) is 8.21. The smallest absolute Gasteiger partial charge is 0.225 e. The van der Waals surface area contributed by atoms with Crippen molar-refractivity contribution in [2.24, 2.45) is 5.92 Å². The summed E-state index contributed by atoms with van der Waals surface area (Å²) in [5.41, 5.74) is 2.41. The molecule has 0 saturated carbocycles. The molecule has 0 fully saturated rings. The Morgan fingerprint density at radius 3 is 3.11 bits per heavy atom. The quantitative estimate of drug-likeness (QED) is 0.869. The summed E-state index contributed by atoms with van der Waals surface area (Å²) in [5.74, 6) is 1.31. The molecule has 0 saturated heterocycles. The lowest BCUT2D eigenvalue weighted by Crippen LogP contribution is -2.42. The molecule has 0 bridgehead atoms. The van der Waals surface area contributed by atoms with Gasteiger partial charge in [-0.1, -0.05) is 18.2 Å². The Kier molecular flexibility index (Phi) is 5.14. The number of nitrogens with one attached hydrogen (secondary N) is 2. The van der Waals surface area contributed by atoms with Crippen molar-refractivity contribution in [1.82, 2.24) is 5.32 Å². The van der Waals surface area contributed by atoms with Crippen LogP contribution in [0.2, 0.25) is 0 Å². The molecule has 2 unspecified atom stereocenters. The summed E-state index contributed by atoms with van der Waals surface area (Å²) in [5, 5.41) is 6.47. The second kappa shape index (κ2) is 6.85. The summed E-state index contributed by atoms with van der Waals surface area (Å²) in [7, 11) is 0. The number of thioether (sulfide) groups is 1. The van der Waals surface area contributed by atoms with Gasteiger partial charge in [-0.2, -0.15) is 11.8 Å². The van der Waals surface area contributed by atoms with Crippen LogP contribution in [0.25, 0.3) is 0 Å². The van der Waals surface area contributed by atoms with Gasteiger partial charge in [-0.3, -0.25) is 4.79 Å². The number of fused-ring (bicyclic) bond motifs is 1. The first kappa shape index (κ1) is 14.3. The van der Waals surface area contributed by atoms with Crippen LogP contribution in [-0.2, 0) is 11.2 Å². The van der Waals surface area contributed by atoms with E-state index >= 15 is 0 Å². The molecule has 1 aromatic rings. The fraction of sp³-hybridized carbons (Fsp3) is 0.533. The summed E-state index contributed by atoms with van der Waals surface area (Å²) in [6.45, 7) is 2.82. The summed E-state index contributed by atoms with van der Waals surface area (Å²) in [6, 6.07) is 8.49. The van der Waals surface area contributed by atoms with Crippen LogP contribution in [-0.4, -0.2) is 30.5 Å². The number of carbonyl (C=O) groups is 1. The molecule has 2 atom stereocenters.